The van der Waals surface area contributed by atoms with Gasteiger partial charge in [0.05, 0.1) is 20.8 Å². The monoisotopic (exact) mass is 419 g/mol. The highest BCUT2D eigenvalue weighted by molar-refractivity contribution is 6.30. The van der Waals surface area contributed by atoms with Crippen LogP contribution in [0.2, 0.25) is 5.02 Å². The second-order valence-electron chi connectivity index (χ2n) is 6.01. The Labute approximate surface area is 173 Å². The Morgan fingerprint density at radius 1 is 1.03 bits per heavy atom. The summed E-state index contributed by atoms with van der Waals surface area (Å²) in [6.07, 6.45) is 1.34. The van der Waals surface area contributed by atoms with Crippen LogP contribution < -0.4 is 9.47 Å². The number of hydrogen-bond donors (Lipinski definition) is 2. The lowest BCUT2D eigenvalue weighted by atomic mass is 9.96. The maximum absolute atomic E-state index is 12.8. The number of aliphatic carboxylic acids is 1. The largest absolute Gasteiger partial charge is 0.493 e. The number of carboxylic acids is 1. The Hall–Kier alpha value is -3.03. The summed E-state index contributed by atoms with van der Waals surface area (Å²) < 4.78 is 10.6. The summed E-state index contributed by atoms with van der Waals surface area (Å²) in [5, 5.41) is 18.8. The smallest absolute Gasteiger partial charge is 0.323 e. The molecule has 29 heavy (non-hydrogen) atoms. The number of rotatable bonds is 9. The maximum atomic E-state index is 12.8. The second-order valence-corrected chi connectivity index (χ2v) is 6.45. The van der Waals surface area contributed by atoms with Gasteiger partial charge in [-0.05, 0) is 41.0 Å². The molecule has 2 aromatic carbocycles. The highest BCUT2D eigenvalue weighted by Gasteiger charge is 2.17. The molecule has 7 nitrogen and oxygen atoms in total. The molecular weight excluding hydrogens is 398 g/mol. The average molecular weight is 420 g/mol. The van der Waals surface area contributed by atoms with Crippen LogP contribution in [-0.4, -0.2) is 60.9 Å². The molecule has 0 aliphatic carbocycles. The molecule has 154 valence electrons. The van der Waals surface area contributed by atoms with E-state index in [4.69, 9.17) is 26.2 Å². The molecule has 0 heterocycles. The first-order valence-corrected chi connectivity index (χ1v) is 9.09. The van der Waals surface area contributed by atoms with E-state index in [1.807, 2.05) is 0 Å². The summed E-state index contributed by atoms with van der Waals surface area (Å²) in [6, 6.07) is 12.1. The molecule has 0 radical (unpaired) electrons. The molecule has 0 unspecified atom stereocenters. The molecule has 0 fully saturated rings. The molecule has 0 spiro atoms. The molecule has 1 amide bonds. The van der Waals surface area contributed by atoms with Crippen LogP contribution in [-0.2, 0) is 9.59 Å². The molecule has 0 saturated carbocycles. The van der Waals surface area contributed by atoms with Crippen molar-refractivity contribution in [3.63, 3.8) is 0 Å². The molecule has 0 atom stereocenters. The number of methoxy groups -OCH3 is 2. The molecule has 0 aliphatic heterocycles. The average Bonchev–Trinajstić information content (AvgIpc) is 2.71. The van der Waals surface area contributed by atoms with Gasteiger partial charge in [0, 0.05) is 17.6 Å². The third kappa shape index (κ3) is 5.97. The quantitative estimate of drug-likeness (QED) is 0.607. The van der Waals surface area contributed by atoms with Gasteiger partial charge >= 0.3 is 5.97 Å². The van der Waals surface area contributed by atoms with Gasteiger partial charge < -0.3 is 24.6 Å². The van der Waals surface area contributed by atoms with E-state index < -0.39 is 18.4 Å². The number of carbonyl (C=O) groups excluding carboxylic acids is 1. The van der Waals surface area contributed by atoms with Gasteiger partial charge in [-0.2, -0.15) is 0 Å². The number of aliphatic hydroxyl groups excluding tert-OH is 1. The van der Waals surface area contributed by atoms with E-state index in [1.54, 1.807) is 42.5 Å². The third-order valence-corrected chi connectivity index (χ3v) is 4.38. The van der Waals surface area contributed by atoms with Gasteiger partial charge in [0.2, 0.25) is 5.91 Å². The lowest BCUT2D eigenvalue weighted by molar-refractivity contribution is -0.142. The first kappa shape index (κ1) is 22.3. The Balaban J connectivity index is 2.55. The van der Waals surface area contributed by atoms with Gasteiger partial charge in [-0.1, -0.05) is 29.8 Å². The number of nitrogens with zero attached hydrogens (tertiary/aromatic N) is 1. The standard InChI is InChI=1S/C21H22ClNO6/c1-28-18-8-5-15(11-19(18)29-2)17(14-3-6-16(22)7-4-14)12-20(25)23(9-10-24)13-21(26)27/h3-8,11-12,24H,9-10,13H2,1-2H3,(H,26,27). The van der Waals surface area contributed by atoms with Gasteiger partial charge in [-0.25, -0.2) is 0 Å². The van der Waals surface area contributed by atoms with Crippen LogP contribution in [0.4, 0.5) is 0 Å². The molecule has 0 bridgehead atoms. The second kappa shape index (κ2) is 10.5. The summed E-state index contributed by atoms with van der Waals surface area (Å²) in [7, 11) is 3.03. The Morgan fingerprint density at radius 3 is 2.21 bits per heavy atom. The fraction of sp³-hybridized carbons (Fsp3) is 0.238. The van der Waals surface area contributed by atoms with Crippen LogP contribution in [0.3, 0.4) is 0 Å². The number of halogens is 1. The van der Waals surface area contributed by atoms with Crippen LogP contribution >= 0.6 is 11.6 Å². The number of aliphatic hydroxyl groups is 1. The predicted molar refractivity (Wildman–Crippen MR) is 109 cm³/mol. The fourth-order valence-electron chi connectivity index (χ4n) is 2.73. The van der Waals surface area contributed by atoms with Gasteiger partial charge in [-0.15, -0.1) is 0 Å². The van der Waals surface area contributed by atoms with Crippen molar-refractivity contribution in [2.45, 2.75) is 0 Å². The van der Waals surface area contributed by atoms with Crippen LogP contribution in [0, 0.1) is 0 Å². The number of amides is 1. The van der Waals surface area contributed by atoms with Crippen molar-refractivity contribution >= 4 is 29.1 Å². The molecule has 2 rings (SSSR count). The molecule has 0 saturated heterocycles. The number of ether oxygens (including phenoxy) is 2. The van der Waals surface area contributed by atoms with E-state index in [0.29, 0.717) is 33.2 Å². The molecule has 2 aromatic rings. The van der Waals surface area contributed by atoms with E-state index in [9.17, 15) is 14.7 Å². The van der Waals surface area contributed by atoms with Gasteiger partial charge in [-0.3, -0.25) is 9.59 Å². The third-order valence-electron chi connectivity index (χ3n) is 4.13. The van der Waals surface area contributed by atoms with E-state index in [0.717, 1.165) is 4.90 Å². The minimum atomic E-state index is -1.17. The Morgan fingerprint density at radius 2 is 1.66 bits per heavy atom. The number of carboxylic acid groups (broad SMARTS) is 1. The van der Waals surface area contributed by atoms with Crippen molar-refractivity contribution < 1.29 is 29.3 Å². The first-order chi connectivity index (χ1) is 13.9. The molecule has 0 aliphatic rings. The van der Waals surface area contributed by atoms with E-state index in [2.05, 4.69) is 0 Å². The summed E-state index contributed by atoms with van der Waals surface area (Å²) >= 11 is 5.98. The zero-order valence-electron chi connectivity index (χ0n) is 16.1. The van der Waals surface area contributed by atoms with E-state index in [-0.39, 0.29) is 13.2 Å². The Kier molecular flexibility index (Phi) is 8.06. The SMILES string of the molecule is COc1ccc(C(=CC(=O)N(CCO)CC(=O)O)c2ccc(Cl)cc2)cc1OC. The number of carbonyl (C=O) groups is 2. The predicted octanol–water partition coefficient (Wildman–Crippen LogP) is 2.69. The molecule has 8 heteroatoms. The first-order valence-electron chi connectivity index (χ1n) is 8.71. The van der Waals surface area contributed by atoms with Crippen molar-refractivity contribution in [1.82, 2.24) is 4.90 Å². The fourth-order valence-corrected chi connectivity index (χ4v) is 2.86. The summed E-state index contributed by atoms with van der Waals surface area (Å²) in [5.41, 5.74) is 1.91. The van der Waals surface area contributed by atoms with Gasteiger partial charge in [0.25, 0.3) is 0 Å². The van der Waals surface area contributed by atoms with E-state index in [1.165, 1.54) is 20.3 Å². The minimum absolute atomic E-state index is 0.0958. The molecular formula is C21H22ClNO6. The zero-order chi connectivity index (χ0) is 21.4. The van der Waals surface area contributed by atoms with Crippen LogP contribution in [0.25, 0.3) is 5.57 Å². The minimum Gasteiger partial charge on any atom is -0.493 e. The summed E-state index contributed by atoms with van der Waals surface area (Å²) in [5.74, 6) is -0.693. The van der Waals surface area contributed by atoms with Crippen molar-refractivity contribution in [2.24, 2.45) is 0 Å². The van der Waals surface area contributed by atoms with E-state index >= 15 is 0 Å². The van der Waals surface area contributed by atoms with Crippen molar-refractivity contribution in [3.8, 4) is 11.5 Å². The van der Waals surface area contributed by atoms with Crippen LogP contribution in [0.15, 0.2) is 48.5 Å². The van der Waals surface area contributed by atoms with Crippen LogP contribution in [0.1, 0.15) is 11.1 Å². The Bertz CT molecular complexity index is 895. The maximum Gasteiger partial charge on any atom is 0.323 e. The molecule has 2 N–H and O–H groups in total. The highest BCUT2D eigenvalue weighted by atomic mass is 35.5. The topological polar surface area (TPSA) is 96.3 Å². The van der Waals surface area contributed by atoms with Crippen molar-refractivity contribution in [1.29, 1.82) is 0 Å². The van der Waals surface area contributed by atoms with Gasteiger partial charge in [0.15, 0.2) is 11.5 Å². The zero-order valence-corrected chi connectivity index (χ0v) is 16.8. The lowest BCUT2D eigenvalue weighted by Crippen LogP contribution is -2.36. The van der Waals surface area contributed by atoms with Crippen LogP contribution in [0.5, 0.6) is 11.5 Å². The molecule has 0 aromatic heterocycles. The summed E-state index contributed by atoms with van der Waals surface area (Å²) in [6.45, 7) is -0.962. The van der Waals surface area contributed by atoms with Crippen molar-refractivity contribution in [2.75, 3.05) is 33.9 Å². The van der Waals surface area contributed by atoms with Crippen molar-refractivity contribution in [3.05, 3.63) is 64.7 Å². The number of hydrogen-bond acceptors (Lipinski definition) is 5. The number of benzene rings is 2. The van der Waals surface area contributed by atoms with Gasteiger partial charge in [0.1, 0.15) is 6.54 Å². The lowest BCUT2D eigenvalue weighted by Gasteiger charge is -2.19. The summed E-state index contributed by atoms with van der Waals surface area (Å²) in [4.78, 5) is 24.9. The highest BCUT2D eigenvalue weighted by Crippen LogP contribution is 2.33. The normalized spacial score (nSPS) is 11.1.